The van der Waals surface area contributed by atoms with E-state index in [1.807, 2.05) is 11.8 Å². The van der Waals surface area contributed by atoms with Crippen molar-refractivity contribution in [3.05, 3.63) is 35.9 Å². The summed E-state index contributed by atoms with van der Waals surface area (Å²) in [5.41, 5.74) is 1.34. The van der Waals surface area contributed by atoms with Crippen molar-refractivity contribution in [1.29, 1.82) is 0 Å². The maximum Gasteiger partial charge on any atom is 0.191 e. The largest absolute Gasteiger partial charge is 0.357 e. The van der Waals surface area contributed by atoms with Crippen LogP contribution in [0.15, 0.2) is 35.3 Å². The van der Waals surface area contributed by atoms with E-state index in [-0.39, 0.29) is 4.75 Å². The molecule has 0 unspecified atom stereocenters. The van der Waals surface area contributed by atoms with Gasteiger partial charge in [-0.15, -0.1) is 0 Å². The highest BCUT2D eigenvalue weighted by molar-refractivity contribution is 7.99. The molecule has 0 bridgehead atoms. The molecule has 0 saturated heterocycles. The first kappa shape index (κ1) is 19.8. The number of nitrogens with zero attached hydrogens (tertiary/aromatic N) is 2. The summed E-state index contributed by atoms with van der Waals surface area (Å²) < 4.78 is 0.173. The molecule has 1 rings (SSSR count). The Hall–Kier alpha value is -1.20. The molecule has 1 aromatic rings. The predicted molar refractivity (Wildman–Crippen MR) is 104 cm³/mol. The zero-order valence-electron chi connectivity index (χ0n) is 15.2. The summed E-state index contributed by atoms with van der Waals surface area (Å²) in [6.45, 7) is 11.1. The van der Waals surface area contributed by atoms with Crippen LogP contribution in [0.5, 0.6) is 0 Å². The van der Waals surface area contributed by atoms with Crippen molar-refractivity contribution < 1.29 is 0 Å². The molecule has 1 aromatic carbocycles. The van der Waals surface area contributed by atoms with Gasteiger partial charge in [0.15, 0.2) is 5.96 Å². The molecule has 0 radical (unpaired) electrons. The summed E-state index contributed by atoms with van der Waals surface area (Å²) in [5.74, 6) is 0.905. The summed E-state index contributed by atoms with van der Waals surface area (Å²) >= 11 is 1.85. The number of likely N-dealkylation sites (N-methyl/N-ethyl adjacent to an activating group) is 1. The molecule has 0 aliphatic rings. The van der Waals surface area contributed by atoms with Crippen LogP contribution in [0, 0.1) is 0 Å². The highest BCUT2D eigenvalue weighted by Crippen LogP contribution is 2.20. The van der Waals surface area contributed by atoms with Gasteiger partial charge in [-0.25, -0.2) is 0 Å². The van der Waals surface area contributed by atoms with E-state index < -0.39 is 0 Å². The number of guanidine groups is 1. The van der Waals surface area contributed by atoms with Crippen molar-refractivity contribution in [2.45, 2.75) is 32.1 Å². The Morgan fingerprint density at radius 3 is 2.52 bits per heavy atom. The standard InChI is InChI=1S/C18H32N4S/c1-6-19-17(21-15-18(2,3)23-5)20-12-13-22(4)14-16-10-8-7-9-11-16/h7-11H,6,12-15H2,1-5H3,(H2,19,20,21). The van der Waals surface area contributed by atoms with Crippen molar-refractivity contribution in [2.75, 3.05) is 39.5 Å². The molecular formula is C18H32N4S. The first-order chi connectivity index (χ1) is 11.0. The van der Waals surface area contributed by atoms with Crippen LogP contribution >= 0.6 is 11.8 Å². The van der Waals surface area contributed by atoms with E-state index in [2.05, 4.69) is 79.9 Å². The van der Waals surface area contributed by atoms with E-state index in [9.17, 15) is 0 Å². The Balaban J connectivity index is 2.38. The maximum absolute atomic E-state index is 4.69. The lowest BCUT2D eigenvalue weighted by molar-refractivity contribution is 0.331. The molecule has 0 aromatic heterocycles. The summed E-state index contributed by atoms with van der Waals surface area (Å²) in [6.07, 6.45) is 2.13. The zero-order chi connectivity index (χ0) is 17.1. The van der Waals surface area contributed by atoms with Crippen molar-refractivity contribution in [3.63, 3.8) is 0 Å². The van der Waals surface area contributed by atoms with Crippen molar-refractivity contribution >= 4 is 17.7 Å². The van der Waals surface area contributed by atoms with Crippen LogP contribution in [0.3, 0.4) is 0 Å². The Kier molecular flexibility index (Phi) is 9.10. The molecule has 5 heteroatoms. The fourth-order valence-corrected chi connectivity index (χ4v) is 2.21. The second-order valence-electron chi connectivity index (χ2n) is 6.31. The van der Waals surface area contributed by atoms with E-state index in [4.69, 9.17) is 4.99 Å². The molecule has 0 heterocycles. The number of benzene rings is 1. The van der Waals surface area contributed by atoms with Crippen LogP contribution in [-0.4, -0.2) is 55.1 Å². The van der Waals surface area contributed by atoms with Gasteiger partial charge >= 0.3 is 0 Å². The molecule has 0 spiro atoms. The Labute approximate surface area is 146 Å². The van der Waals surface area contributed by atoms with Crippen LogP contribution in [0.25, 0.3) is 0 Å². The van der Waals surface area contributed by atoms with Gasteiger partial charge in [0, 0.05) is 30.9 Å². The average Bonchev–Trinajstić information content (AvgIpc) is 2.53. The molecule has 0 saturated carbocycles. The fourth-order valence-electron chi connectivity index (χ4n) is 2.02. The SMILES string of the molecule is CCNC(=NCC(C)(C)SC)NCCN(C)Cc1ccccc1. The third kappa shape index (κ3) is 8.86. The fraction of sp³-hybridized carbons (Fsp3) is 0.611. The number of aliphatic imine (C=N–C) groups is 1. The van der Waals surface area contributed by atoms with Gasteiger partial charge < -0.3 is 15.5 Å². The van der Waals surface area contributed by atoms with Gasteiger partial charge in [0.2, 0.25) is 0 Å². The molecule has 0 amide bonds. The zero-order valence-corrected chi connectivity index (χ0v) is 16.0. The topological polar surface area (TPSA) is 39.7 Å². The molecule has 23 heavy (non-hydrogen) atoms. The molecule has 0 fully saturated rings. The molecule has 130 valence electrons. The second-order valence-corrected chi connectivity index (χ2v) is 7.82. The first-order valence-corrected chi connectivity index (χ1v) is 9.49. The number of hydrogen-bond donors (Lipinski definition) is 2. The van der Waals surface area contributed by atoms with Crippen molar-refractivity contribution in [3.8, 4) is 0 Å². The van der Waals surface area contributed by atoms with Crippen LogP contribution in [0.4, 0.5) is 0 Å². The maximum atomic E-state index is 4.69. The third-order valence-electron chi connectivity index (χ3n) is 3.60. The van der Waals surface area contributed by atoms with E-state index >= 15 is 0 Å². The van der Waals surface area contributed by atoms with Gasteiger partial charge in [-0.05, 0) is 39.6 Å². The summed E-state index contributed by atoms with van der Waals surface area (Å²) in [5, 5.41) is 6.74. The van der Waals surface area contributed by atoms with E-state index in [1.165, 1.54) is 5.56 Å². The quantitative estimate of drug-likeness (QED) is 0.537. The summed E-state index contributed by atoms with van der Waals surface area (Å²) in [6, 6.07) is 10.6. The smallest absolute Gasteiger partial charge is 0.191 e. The molecule has 2 N–H and O–H groups in total. The van der Waals surface area contributed by atoms with E-state index in [0.717, 1.165) is 38.7 Å². The van der Waals surface area contributed by atoms with Crippen molar-refractivity contribution in [1.82, 2.24) is 15.5 Å². The minimum absolute atomic E-state index is 0.173. The lowest BCUT2D eigenvalue weighted by atomic mass is 10.2. The normalized spacial score (nSPS) is 12.5. The lowest BCUT2D eigenvalue weighted by Crippen LogP contribution is -2.41. The van der Waals surface area contributed by atoms with Gasteiger partial charge in [0.05, 0.1) is 6.54 Å². The van der Waals surface area contributed by atoms with Gasteiger partial charge in [-0.3, -0.25) is 4.99 Å². The number of nitrogens with one attached hydrogen (secondary N) is 2. The summed E-state index contributed by atoms with van der Waals surface area (Å²) in [4.78, 5) is 7.01. The number of hydrogen-bond acceptors (Lipinski definition) is 3. The Morgan fingerprint density at radius 1 is 1.22 bits per heavy atom. The van der Waals surface area contributed by atoms with Gasteiger partial charge in [-0.2, -0.15) is 11.8 Å². The lowest BCUT2D eigenvalue weighted by Gasteiger charge is -2.21. The highest BCUT2D eigenvalue weighted by Gasteiger charge is 2.15. The van der Waals surface area contributed by atoms with Crippen LogP contribution in [0.2, 0.25) is 0 Å². The van der Waals surface area contributed by atoms with E-state index in [1.54, 1.807) is 0 Å². The molecule has 0 aliphatic heterocycles. The first-order valence-electron chi connectivity index (χ1n) is 8.26. The van der Waals surface area contributed by atoms with Crippen molar-refractivity contribution in [2.24, 2.45) is 4.99 Å². The monoisotopic (exact) mass is 336 g/mol. The minimum Gasteiger partial charge on any atom is -0.357 e. The van der Waals surface area contributed by atoms with Gasteiger partial charge in [-0.1, -0.05) is 30.3 Å². The van der Waals surface area contributed by atoms with Gasteiger partial charge in [0.1, 0.15) is 0 Å². The minimum atomic E-state index is 0.173. The van der Waals surface area contributed by atoms with Crippen LogP contribution < -0.4 is 10.6 Å². The molecule has 0 atom stereocenters. The number of rotatable bonds is 9. The van der Waals surface area contributed by atoms with Crippen LogP contribution in [-0.2, 0) is 6.54 Å². The predicted octanol–water partition coefficient (Wildman–Crippen LogP) is 2.82. The summed E-state index contributed by atoms with van der Waals surface area (Å²) in [7, 11) is 2.15. The Morgan fingerprint density at radius 2 is 1.91 bits per heavy atom. The van der Waals surface area contributed by atoms with Gasteiger partial charge in [0.25, 0.3) is 0 Å². The molecule has 0 aliphatic carbocycles. The Bertz CT molecular complexity index is 459. The van der Waals surface area contributed by atoms with E-state index in [0.29, 0.717) is 0 Å². The van der Waals surface area contributed by atoms with Crippen LogP contribution in [0.1, 0.15) is 26.3 Å². The third-order valence-corrected chi connectivity index (χ3v) is 4.83. The molecular weight excluding hydrogens is 304 g/mol. The molecule has 4 nitrogen and oxygen atoms in total. The second kappa shape index (κ2) is 10.6. The average molecular weight is 337 g/mol. The number of thioether (sulfide) groups is 1. The highest BCUT2D eigenvalue weighted by atomic mass is 32.2.